The number of imide groups is 1. The van der Waals surface area contributed by atoms with Gasteiger partial charge < -0.3 is 0 Å². The van der Waals surface area contributed by atoms with Crippen molar-refractivity contribution in [3.8, 4) is 0 Å². The number of rotatable bonds is 3. The third kappa shape index (κ3) is 2.55. The van der Waals surface area contributed by atoms with Gasteiger partial charge in [-0.05, 0) is 24.5 Å². The van der Waals surface area contributed by atoms with E-state index in [1.54, 1.807) is 0 Å². The summed E-state index contributed by atoms with van der Waals surface area (Å²) < 4.78 is 0. The number of hydrogen-bond acceptors (Lipinski definition) is 5. The summed E-state index contributed by atoms with van der Waals surface area (Å²) in [6.45, 7) is 1.86. The normalized spacial score (nSPS) is 25.5. The fourth-order valence-electron chi connectivity index (χ4n) is 3.16. The summed E-state index contributed by atoms with van der Waals surface area (Å²) in [6, 6.07) is 4.92. The molecule has 1 heterocycles. The van der Waals surface area contributed by atoms with Crippen LogP contribution in [-0.4, -0.2) is 27.7 Å². The van der Waals surface area contributed by atoms with Crippen molar-refractivity contribution in [2.24, 2.45) is 17.8 Å². The highest BCUT2D eigenvalue weighted by Gasteiger charge is 2.50. The van der Waals surface area contributed by atoms with E-state index < -0.39 is 34.5 Å². The number of amides is 3. The SMILES string of the molecule is C[C@@H]1C=CC[C@H]2C(=O)N(NC(=O)c3ccc([N+](=O)[O-])cc3)C(=O)[C@@H]12. The zero-order chi connectivity index (χ0) is 17.4. The second kappa shape index (κ2) is 5.88. The molecule has 0 aromatic heterocycles. The third-order valence-corrected chi connectivity index (χ3v) is 4.43. The highest BCUT2D eigenvalue weighted by molar-refractivity contribution is 6.08. The summed E-state index contributed by atoms with van der Waals surface area (Å²) in [7, 11) is 0. The average molecular weight is 329 g/mol. The molecule has 1 aliphatic heterocycles. The predicted molar refractivity (Wildman–Crippen MR) is 82.3 cm³/mol. The van der Waals surface area contributed by atoms with Crippen LogP contribution in [0.15, 0.2) is 36.4 Å². The third-order valence-electron chi connectivity index (χ3n) is 4.43. The second-order valence-electron chi connectivity index (χ2n) is 5.91. The first kappa shape index (κ1) is 15.9. The van der Waals surface area contributed by atoms with Crippen molar-refractivity contribution in [2.45, 2.75) is 13.3 Å². The minimum Gasteiger partial charge on any atom is -0.272 e. The maximum atomic E-state index is 12.4. The first-order chi connectivity index (χ1) is 11.4. The number of carbonyl (C=O) groups excluding carboxylic acids is 3. The summed E-state index contributed by atoms with van der Waals surface area (Å²) >= 11 is 0. The van der Waals surface area contributed by atoms with E-state index in [0.29, 0.717) is 6.42 Å². The van der Waals surface area contributed by atoms with Crippen LogP contribution >= 0.6 is 0 Å². The van der Waals surface area contributed by atoms with Crippen LogP contribution in [0, 0.1) is 27.9 Å². The molecule has 1 N–H and O–H groups in total. The first-order valence-corrected chi connectivity index (χ1v) is 7.50. The van der Waals surface area contributed by atoms with Crippen molar-refractivity contribution in [2.75, 3.05) is 0 Å². The molecule has 8 heteroatoms. The van der Waals surface area contributed by atoms with Crippen molar-refractivity contribution >= 4 is 23.4 Å². The number of benzene rings is 1. The van der Waals surface area contributed by atoms with Gasteiger partial charge in [0, 0.05) is 17.7 Å². The number of hydrogen-bond donors (Lipinski definition) is 1. The summed E-state index contributed by atoms with van der Waals surface area (Å²) in [5.74, 6) is -2.48. The van der Waals surface area contributed by atoms with Crippen molar-refractivity contribution in [3.05, 3.63) is 52.1 Å². The maximum Gasteiger partial charge on any atom is 0.270 e. The van der Waals surface area contributed by atoms with E-state index in [2.05, 4.69) is 5.43 Å². The number of fused-ring (bicyclic) bond motifs is 1. The molecular formula is C16H15N3O5. The summed E-state index contributed by atoms with van der Waals surface area (Å²) in [6.07, 6.45) is 4.25. The van der Waals surface area contributed by atoms with Crippen LogP contribution in [0.2, 0.25) is 0 Å². The highest BCUT2D eigenvalue weighted by atomic mass is 16.6. The van der Waals surface area contributed by atoms with Crippen molar-refractivity contribution in [1.29, 1.82) is 0 Å². The van der Waals surface area contributed by atoms with E-state index >= 15 is 0 Å². The largest absolute Gasteiger partial charge is 0.272 e. The van der Waals surface area contributed by atoms with Gasteiger partial charge in [0.1, 0.15) is 0 Å². The Labute approximate surface area is 137 Å². The highest BCUT2D eigenvalue weighted by Crippen LogP contribution is 2.37. The lowest BCUT2D eigenvalue weighted by Crippen LogP contribution is -2.46. The van der Waals surface area contributed by atoms with Crippen LogP contribution in [0.5, 0.6) is 0 Å². The Hall–Kier alpha value is -3.03. The molecule has 1 aromatic rings. The first-order valence-electron chi connectivity index (χ1n) is 7.50. The summed E-state index contributed by atoms with van der Waals surface area (Å²) in [4.78, 5) is 47.1. The number of nitro groups is 1. The van der Waals surface area contributed by atoms with Gasteiger partial charge in [0.05, 0.1) is 16.8 Å². The maximum absolute atomic E-state index is 12.4. The average Bonchev–Trinajstić information content (AvgIpc) is 2.81. The van der Waals surface area contributed by atoms with Crippen LogP contribution in [-0.2, 0) is 9.59 Å². The van der Waals surface area contributed by atoms with E-state index in [1.165, 1.54) is 24.3 Å². The number of nitrogens with zero attached hydrogens (tertiary/aromatic N) is 2. The fourth-order valence-corrected chi connectivity index (χ4v) is 3.16. The molecule has 1 fully saturated rings. The Bertz CT molecular complexity index is 755. The molecule has 0 bridgehead atoms. The van der Waals surface area contributed by atoms with Crippen LogP contribution in [0.25, 0.3) is 0 Å². The zero-order valence-corrected chi connectivity index (χ0v) is 12.8. The number of hydrazine groups is 1. The molecule has 1 aliphatic carbocycles. The van der Waals surface area contributed by atoms with Gasteiger partial charge in [-0.15, -0.1) is 0 Å². The fraction of sp³-hybridized carbons (Fsp3) is 0.312. The van der Waals surface area contributed by atoms with Gasteiger partial charge in [0.15, 0.2) is 0 Å². The van der Waals surface area contributed by atoms with Gasteiger partial charge in [-0.25, -0.2) is 0 Å². The van der Waals surface area contributed by atoms with Crippen LogP contribution in [0.1, 0.15) is 23.7 Å². The van der Waals surface area contributed by atoms with E-state index in [1.807, 2.05) is 19.1 Å². The Kier molecular flexibility index (Phi) is 3.88. The molecule has 0 unspecified atom stereocenters. The van der Waals surface area contributed by atoms with Gasteiger partial charge in [-0.1, -0.05) is 19.1 Å². The standard InChI is InChI=1S/C16H15N3O5/c1-9-3-2-4-12-13(9)16(22)18(15(12)21)17-14(20)10-5-7-11(8-6-10)19(23)24/h2-3,5-9,12-13H,4H2,1H3,(H,17,20)/t9-,12-,13+/m1/s1. The lowest BCUT2D eigenvalue weighted by molar-refractivity contribution is -0.384. The van der Waals surface area contributed by atoms with Gasteiger partial charge in [-0.2, -0.15) is 5.01 Å². The minimum atomic E-state index is -0.661. The molecule has 3 rings (SSSR count). The van der Waals surface area contributed by atoms with E-state index in [-0.39, 0.29) is 17.2 Å². The van der Waals surface area contributed by atoms with Gasteiger partial charge >= 0.3 is 0 Å². The molecule has 0 radical (unpaired) electrons. The Morgan fingerprint density at radius 2 is 1.92 bits per heavy atom. The van der Waals surface area contributed by atoms with Gasteiger partial charge in [0.25, 0.3) is 23.4 Å². The molecule has 124 valence electrons. The molecule has 8 nitrogen and oxygen atoms in total. The second-order valence-corrected chi connectivity index (χ2v) is 5.91. The monoisotopic (exact) mass is 329 g/mol. The minimum absolute atomic E-state index is 0.0681. The van der Waals surface area contributed by atoms with E-state index in [4.69, 9.17) is 0 Å². The van der Waals surface area contributed by atoms with Crippen molar-refractivity contribution < 1.29 is 19.3 Å². The smallest absolute Gasteiger partial charge is 0.270 e. The van der Waals surface area contributed by atoms with Crippen molar-refractivity contribution in [1.82, 2.24) is 10.4 Å². The van der Waals surface area contributed by atoms with E-state index in [9.17, 15) is 24.5 Å². The molecule has 2 aliphatic rings. The summed E-state index contributed by atoms with van der Waals surface area (Å²) in [5.41, 5.74) is 2.30. The summed E-state index contributed by atoms with van der Waals surface area (Å²) in [5, 5.41) is 11.4. The lowest BCUT2D eigenvalue weighted by Gasteiger charge is -2.22. The molecule has 3 amide bonds. The quantitative estimate of drug-likeness (QED) is 0.390. The van der Waals surface area contributed by atoms with Crippen molar-refractivity contribution in [3.63, 3.8) is 0 Å². The molecule has 0 spiro atoms. The zero-order valence-electron chi connectivity index (χ0n) is 12.8. The molecule has 0 saturated carbocycles. The van der Waals surface area contributed by atoms with E-state index in [0.717, 1.165) is 5.01 Å². The molecular weight excluding hydrogens is 314 g/mol. The number of nitro benzene ring substituents is 1. The predicted octanol–water partition coefficient (Wildman–Crippen LogP) is 1.44. The number of allylic oxidation sites excluding steroid dienone is 2. The number of non-ortho nitro benzene ring substituents is 1. The molecule has 1 aromatic carbocycles. The van der Waals surface area contributed by atoms with Gasteiger partial charge in [-0.3, -0.25) is 29.9 Å². The molecule has 24 heavy (non-hydrogen) atoms. The molecule has 3 atom stereocenters. The Morgan fingerprint density at radius 3 is 2.50 bits per heavy atom. The number of carbonyl (C=O) groups is 3. The van der Waals surface area contributed by atoms with Crippen LogP contribution in [0.3, 0.4) is 0 Å². The number of nitrogens with one attached hydrogen (secondary N) is 1. The lowest BCUT2D eigenvalue weighted by atomic mass is 9.78. The topological polar surface area (TPSA) is 110 Å². The Balaban J connectivity index is 1.76. The van der Waals surface area contributed by atoms with Gasteiger partial charge in [0.2, 0.25) is 0 Å². The molecule has 1 saturated heterocycles. The van der Waals surface area contributed by atoms with Crippen LogP contribution in [0.4, 0.5) is 5.69 Å². The Morgan fingerprint density at radius 1 is 1.25 bits per heavy atom. The van der Waals surface area contributed by atoms with Crippen LogP contribution < -0.4 is 5.43 Å².